The van der Waals surface area contributed by atoms with Gasteiger partial charge in [0, 0.05) is 55.2 Å². The van der Waals surface area contributed by atoms with E-state index in [2.05, 4.69) is 51.7 Å². The highest BCUT2D eigenvalue weighted by Crippen LogP contribution is 2.27. The number of H-pyrrole nitrogens is 1. The molecule has 4 aromatic rings. The van der Waals surface area contributed by atoms with Crippen LogP contribution < -0.4 is 21.5 Å². The van der Waals surface area contributed by atoms with Crippen LogP contribution in [0.4, 0.5) is 10.9 Å². The van der Waals surface area contributed by atoms with Gasteiger partial charge in [-0.15, -0.1) is 21.5 Å². The van der Waals surface area contributed by atoms with Gasteiger partial charge in [-0.3, -0.25) is 24.1 Å². The van der Waals surface area contributed by atoms with E-state index in [0.717, 1.165) is 25.0 Å². The molecule has 0 atom stereocenters. The number of carbonyl (C=O) groups excluding carboxylic acids is 2. The molecule has 2 amide bonds. The number of fused-ring (bicyclic) bond motifs is 1. The molecular formula is C29H37N11O3S. The lowest BCUT2D eigenvalue weighted by Gasteiger charge is -2.36. The van der Waals surface area contributed by atoms with Gasteiger partial charge in [-0.05, 0) is 48.9 Å². The van der Waals surface area contributed by atoms with Gasteiger partial charge in [0.2, 0.25) is 5.91 Å². The third-order valence-electron chi connectivity index (χ3n) is 7.39. The van der Waals surface area contributed by atoms with Gasteiger partial charge in [0.25, 0.3) is 11.5 Å². The Bertz CT molecular complexity index is 1700. The molecule has 0 unspecified atom stereocenters. The lowest BCUT2D eigenvalue weighted by Crippen LogP contribution is -2.49. The first-order chi connectivity index (χ1) is 21.1. The van der Waals surface area contributed by atoms with Crippen LogP contribution in [0, 0.1) is 0 Å². The minimum atomic E-state index is -0.349. The summed E-state index contributed by atoms with van der Waals surface area (Å²) >= 11 is 1.36. The lowest BCUT2D eigenvalue weighted by molar-refractivity contribution is -0.131. The summed E-state index contributed by atoms with van der Waals surface area (Å²) < 4.78 is 1.40. The quantitative estimate of drug-likeness (QED) is 0.223. The molecule has 1 fully saturated rings. The van der Waals surface area contributed by atoms with Gasteiger partial charge >= 0.3 is 0 Å². The Morgan fingerprint density at radius 1 is 1.11 bits per heavy atom. The number of carbonyl (C=O) groups is 2. The third kappa shape index (κ3) is 7.17. The summed E-state index contributed by atoms with van der Waals surface area (Å²) in [6.07, 6.45) is 7.91. The number of pyridine rings is 1. The Labute approximate surface area is 258 Å². The van der Waals surface area contributed by atoms with E-state index in [-0.39, 0.29) is 22.8 Å². The standard InChI is InChI=1S/C29H37N11O3S/c1-29(2,3)21-18-44-28(31-21)33-26(42)19-10-12-40-23(17-19)32-25(20(27(40)43)8-9-22-34-36-37-35-22)39-15-13-38(14-16-39)24(41)7-5-4-6-11-30/h8-10,12,17-18H,4-7,11,13-16,30H2,1-3H3,(H,31,33,42)(H,34,35,36,37)/b9-8+. The molecule has 232 valence electrons. The molecule has 0 aromatic carbocycles. The second-order valence-corrected chi connectivity index (χ2v) is 12.5. The fourth-order valence-electron chi connectivity index (χ4n) is 4.83. The van der Waals surface area contributed by atoms with Gasteiger partial charge in [-0.1, -0.05) is 27.2 Å². The molecule has 15 heteroatoms. The molecule has 0 aliphatic carbocycles. The van der Waals surface area contributed by atoms with Gasteiger partial charge in [0.1, 0.15) is 11.5 Å². The number of piperazine rings is 1. The number of nitrogens with one attached hydrogen (secondary N) is 2. The van der Waals surface area contributed by atoms with E-state index in [0.29, 0.717) is 72.7 Å². The monoisotopic (exact) mass is 619 g/mol. The highest BCUT2D eigenvalue weighted by Gasteiger charge is 2.25. The average Bonchev–Trinajstić information content (AvgIpc) is 3.71. The first-order valence-electron chi connectivity index (χ1n) is 14.6. The minimum absolute atomic E-state index is 0.121. The Morgan fingerprint density at radius 2 is 1.91 bits per heavy atom. The molecule has 4 aromatic heterocycles. The number of thiazole rings is 1. The van der Waals surface area contributed by atoms with Crippen LogP contribution in [0.2, 0.25) is 0 Å². The molecule has 0 saturated carbocycles. The zero-order valence-corrected chi connectivity index (χ0v) is 25.9. The molecule has 5 heterocycles. The van der Waals surface area contributed by atoms with Gasteiger partial charge in [-0.25, -0.2) is 9.97 Å². The zero-order valence-electron chi connectivity index (χ0n) is 25.1. The van der Waals surface area contributed by atoms with E-state index in [4.69, 9.17) is 10.7 Å². The topological polar surface area (TPSA) is 180 Å². The number of rotatable bonds is 10. The predicted molar refractivity (Wildman–Crippen MR) is 170 cm³/mol. The van der Waals surface area contributed by atoms with Crippen molar-refractivity contribution in [1.82, 2.24) is 39.9 Å². The maximum Gasteiger partial charge on any atom is 0.267 e. The van der Waals surface area contributed by atoms with E-state index in [1.807, 2.05) is 15.2 Å². The number of hydrogen-bond donors (Lipinski definition) is 3. The largest absolute Gasteiger partial charge is 0.352 e. The van der Waals surface area contributed by atoms with Gasteiger partial charge < -0.3 is 15.5 Å². The van der Waals surface area contributed by atoms with E-state index < -0.39 is 0 Å². The third-order valence-corrected chi connectivity index (χ3v) is 8.15. The number of nitrogens with zero attached hydrogens (tertiary/aromatic N) is 8. The number of aromatic amines is 1. The Kier molecular flexibility index (Phi) is 9.44. The normalized spacial score (nSPS) is 14.1. The van der Waals surface area contributed by atoms with Crippen LogP contribution in [-0.4, -0.2) is 84.4 Å². The van der Waals surface area contributed by atoms with Crippen molar-refractivity contribution in [2.45, 2.75) is 51.9 Å². The number of tetrazole rings is 1. The van der Waals surface area contributed by atoms with Crippen LogP contribution in [0.5, 0.6) is 0 Å². The summed E-state index contributed by atoms with van der Waals surface area (Å²) in [6.45, 7) is 8.84. The minimum Gasteiger partial charge on any atom is -0.352 e. The maximum atomic E-state index is 13.8. The molecule has 5 rings (SSSR count). The molecule has 1 aliphatic rings. The van der Waals surface area contributed by atoms with Crippen LogP contribution in [0.15, 0.2) is 28.5 Å². The Hall–Kier alpha value is -4.50. The molecule has 44 heavy (non-hydrogen) atoms. The summed E-state index contributed by atoms with van der Waals surface area (Å²) in [6, 6.07) is 3.17. The maximum absolute atomic E-state index is 13.8. The smallest absolute Gasteiger partial charge is 0.267 e. The van der Waals surface area contributed by atoms with E-state index in [1.54, 1.807) is 30.5 Å². The molecule has 4 N–H and O–H groups in total. The summed E-state index contributed by atoms with van der Waals surface area (Å²) in [4.78, 5) is 52.9. The van der Waals surface area contributed by atoms with Crippen molar-refractivity contribution in [3.8, 4) is 0 Å². The van der Waals surface area contributed by atoms with E-state index in [9.17, 15) is 14.4 Å². The van der Waals surface area contributed by atoms with Crippen molar-refractivity contribution in [3.05, 3.63) is 56.7 Å². The highest BCUT2D eigenvalue weighted by molar-refractivity contribution is 7.14. The number of amides is 2. The van der Waals surface area contributed by atoms with Crippen LogP contribution in [0.3, 0.4) is 0 Å². The van der Waals surface area contributed by atoms with Crippen molar-refractivity contribution in [1.29, 1.82) is 0 Å². The van der Waals surface area contributed by atoms with Crippen molar-refractivity contribution >= 4 is 51.9 Å². The first kappa shape index (κ1) is 30.9. The van der Waals surface area contributed by atoms with Gasteiger partial charge in [-0.2, -0.15) is 5.21 Å². The Morgan fingerprint density at radius 3 is 2.59 bits per heavy atom. The molecule has 14 nitrogen and oxygen atoms in total. The van der Waals surface area contributed by atoms with Crippen LogP contribution in [-0.2, 0) is 10.2 Å². The van der Waals surface area contributed by atoms with Crippen molar-refractivity contribution in [3.63, 3.8) is 0 Å². The molecule has 0 bridgehead atoms. The predicted octanol–water partition coefficient (Wildman–Crippen LogP) is 2.55. The lowest BCUT2D eigenvalue weighted by atomic mass is 9.93. The number of nitrogens with two attached hydrogens (primary N) is 1. The SMILES string of the molecule is CC(C)(C)c1csc(NC(=O)c2ccn3c(=O)c(/C=C/c4nn[nH]n4)c(N4CCN(C(=O)CCCCCN)CC4)nc3c2)n1. The van der Waals surface area contributed by atoms with Gasteiger partial charge in [0.15, 0.2) is 11.0 Å². The van der Waals surface area contributed by atoms with Crippen LogP contribution in [0.1, 0.15) is 73.9 Å². The summed E-state index contributed by atoms with van der Waals surface area (Å²) in [7, 11) is 0. The number of hydrogen-bond acceptors (Lipinski definition) is 11. The highest BCUT2D eigenvalue weighted by atomic mass is 32.1. The summed E-state index contributed by atoms with van der Waals surface area (Å²) in [5, 5.41) is 19.1. The fraction of sp³-hybridized carbons (Fsp3) is 0.448. The number of unbranched alkanes of at least 4 members (excludes halogenated alkanes) is 2. The molecule has 0 radical (unpaired) electrons. The average molecular weight is 620 g/mol. The molecule has 1 aliphatic heterocycles. The van der Waals surface area contributed by atoms with Crippen molar-refractivity contribution in [2.75, 3.05) is 42.9 Å². The zero-order chi connectivity index (χ0) is 31.3. The molecule has 1 saturated heterocycles. The first-order valence-corrected chi connectivity index (χ1v) is 15.5. The van der Waals surface area contributed by atoms with Crippen LogP contribution in [0.25, 0.3) is 17.8 Å². The van der Waals surface area contributed by atoms with Crippen molar-refractivity contribution < 1.29 is 9.59 Å². The second-order valence-electron chi connectivity index (χ2n) is 11.6. The molecular weight excluding hydrogens is 582 g/mol. The summed E-state index contributed by atoms with van der Waals surface area (Å²) in [5.74, 6) is 0.542. The number of aromatic nitrogens is 7. The van der Waals surface area contributed by atoms with E-state index in [1.165, 1.54) is 15.7 Å². The summed E-state index contributed by atoms with van der Waals surface area (Å²) in [5.41, 5.74) is 7.01. The van der Waals surface area contributed by atoms with Crippen molar-refractivity contribution in [2.24, 2.45) is 5.73 Å². The Balaban J connectivity index is 1.41. The number of anilines is 2. The van der Waals surface area contributed by atoms with Gasteiger partial charge in [0.05, 0.1) is 11.3 Å². The van der Waals surface area contributed by atoms with Crippen LogP contribution >= 0.6 is 11.3 Å². The fourth-order valence-corrected chi connectivity index (χ4v) is 5.77. The molecule has 0 spiro atoms. The second kappa shape index (κ2) is 13.4. The van der Waals surface area contributed by atoms with E-state index >= 15 is 0 Å².